The number of likely N-dealkylation sites (tertiary alicyclic amines) is 1. The van der Waals surface area contributed by atoms with E-state index in [9.17, 15) is 14.7 Å². The first-order valence-electron chi connectivity index (χ1n) is 13.6. The Morgan fingerprint density at radius 1 is 1.12 bits per heavy atom. The fourth-order valence-corrected chi connectivity index (χ4v) is 5.25. The van der Waals surface area contributed by atoms with E-state index in [1.54, 1.807) is 50.1 Å². The summed E-state index contributed by atoms with van der Waals surface area (Å²) in [6, 6.07) is 13.7. The highest BCUT2D eigenvalue weighted by molar-refractivity contribution is 6.55. The predicted molar refractivity (Wildman–Crippen MR) is 158 cm³/mol. The van der Waals surface area contributed by atoms with Crippen molar-refractivity contribution in [2.24, 2.45) is 9.98 Å². The van der Waals surface area contributed by atoms with E-state index in [1.165, 1.54) is 0 Å². The van der Waals surface area contributed by atoms with Crippen LogP contribution in [-0.4, -0.2) is 70.7 Å². The number of aliphatic hydroxyl groups is 1. The van der Waals surface area contributed by atoms with Crippen LogP contribution in [0.3, 0.4) is 0 Å². The number of hydrogen-bond donors (Lipinski definition) is 2. The molecule has 0 radical (unpaired) electrons. The third-order valence-corrected chi connectivity index (χ3v) is 7.26. The SMILES string of the molecule is CC(C)(C)OC(=O)N1CC(NC2=C3C=CN=C3CN=C2C(=O)c2ccc(Oc3ccccc3)cc2Cl)CCC1CO. The second kappa shape index (κ2) is 11.9. The molecule has 1 amide bonds. The Hall–Kier alpha value is -3.95. The Bertz CT molecular complexity index is 1460. The number of dihydropyridines is 1. The van der Waals surface area contributed by atoms with Gasteiger partial charge in [-0.05, 0) is 64.0 Å². The average Bonchev–Trinajstić information content (AvgIpc) is 3.42. The summed E-state index contributed by atoms with van der Waals surface area (Å²) in [6.45, 7) is 5.82. The number of benzene rings is 2. The van der Waals surface area contributed by atoms with Gasteiger partial charge in [0.2, 0.25) is 5.78 Å². The number of carbonyl (C=O) groups is 2. The summed E-state index contributed by atoms with van der Waals surface area (Å²) in [4.78, 5) is 37.4. The van der Waals surface area contributed by atoms with Gasteiger partial charge >= 0.3 is 6.09 Å². The van der Waals surface area contributed by atoms with Crippen LogP contribution in [0.5, 0.6) is 11.5 Å². The van der Waals surface area contributed by atoms with Crippen LogP contribution >= 0.6 is 11.6 Å². The fraction of sp³-hybridized carbons (Fsp3) is 0.355. The highest BCUT2D eigenvalue weighted by atomic mass is 35.5. The first kappa shape index (κ1) is 28.6. The molecule has 3 aliphatic rings. The number of amides is 1. The third kappa shape index (κ3) is 6.52. The van der Waals surface area contributed by atoms with E-state index in [1.807, 2.05) is 36.4 Å². The smallest absolute Gasteiger partial charge is 0.410 e. The van der Waals surface area contributed by atoms with Crippen molar-refractivity contribution < 1.29 is 24.2 Å². The first-order chi connectivity index (χ1) is 19.6. The zero-order chi connectivity index (χ0) is 29.1. The van der Waals surface area contributed by atoms with E-state index in [4.69, 9.17) is 21.1 Å². The summed E-state index contributed by atoms with van der Waals surface area (Å²) in [5.74, 6) is 0.839. The summed E-state index contributed by atoms with van der Waals surface area (Å²) < 4.78 is 11.5. The molecule has 1 fully saturated rings. The summed E-state index contributed by atoms with van der Waals surface area (Å²) in [5, 5.41) is 13.6. The molecule has 2 N–H and O–H groups in total. The molecule has 5 rings (SSSR count). The monoisotopic (exact) mass is 576 g/mol. The molecule has 0 aromatic heterocycles. The van der Waals surface area contributed by atoms with E-state index < -0.39 is 11.7 Å². The van der Waals surface area contributed by atoms with Crippen molar-refractivity contribution in [2.45, 2.75) is 51.3 Å². The van der Waals surface area contributed by atoms with Crippen LogP contribution in [0.1, 0.15) is 44.0 Å². The number of nitrogens with zero attached hydrogens (tertiary/aromatic N) is 3. The molecular weight excluding hydrogens is 544 g/mol. The topological polar surface area (TPSA) is 113 Å². The van der Waals surface area contributed by atoms with Crippen LogP contribution in [0.15, 0.2) is 82.1 Å². The first-order valence-corrected chi connectivity index (χ1v) is 14.0. The third-order valence-electron chi connectivity index (χ3n) is 6.95. The van der Waals surface area contributed by atoms with E-state index in [0.29, 0.717) is 42.1 Å². The van der Waals surface area contributed by atoms with Crippen LogP contribution in [0.25, 0.3) is 0 Å². The number of para-hydroxylation sites is 1. The van der Waals surface area contributed by atoms with Crippen molar-refractivity contribution in [3.05, 3.63) is 82.7 Å². The standard InChI is InChI=1S/C31H33ClN4O5/c1-31(2,3)41-30(39)36-17-19(9-10-20(36)18-37)35-27-24-13-14-33-26(24)16-34-28(27)29(38)23-12-11-22(15-25(23)32)40-21-7-5-4-6-8-21/h4-8,11-15,19-20,35,37H,9-10,16-18H2,1-3H3. The second-order valence-electron chi connectivity index (χ2n) is 11.1. The van der Waals surface area contributed by atoms with Crippen molar-refractivity contribution >= 4 is 34.9 Å². The molecule has 2 aromatic rings. The number of rotatable bonds is 7. The van der Waals surface area contributed by atoms with Crippen LogP contribution < -0.4 is 10.1 Å². The molecule has 2 unspecified atom stereocenters. The minimum Gasteiger partial charge on any atom is -0.457 e. The van der Waals surface area contributed by atoms with Crippen molar-refractivity contribution in [1.82, 2.24) is 10.2 Å². The van der Waals surface area contributed by atoms with Gasteiger partial charge in [-0.1, -0.05) is 29.8 Å². The van der Waals surface area contributed by atoms with Gasteiger partial charge in [0, 0.05) is 36.0 Å². The lowest BCUT2D eigenvalue weighted by Crippen LogP contribution is -2.55. The number of aliphatic imine (C=N–C) groups is 2. The number of hydrogen-bond acceptors (Lipinski definition) is 8. The minimum atomic E-state index is -0.668. The van der Waals surface area contributed by atoms with Gasteiger partial charge in [-0.2, -0.15) is 0 Å². The fourth-order valence-electron chi connectivity index (χ4n) is 4.99. The van der Waals surface area contributed by atoms with Crippen LogP contribution in [0.4, 0.5) is 4.79 Å². The molecule has 0 spiro atoms. The molecular formula is C31H33ClN4O5. The summed E-state index contributed by atoms with van der Waals surface area (Å²) in [6.07, 6.45) is 4.30. The quantitative estimate of drug-likeness (QED) is 0.430. The zero-order valence-electron chi connectivity index (χ0n) is 23.3. The zero-order valence-corrected chi connectivity index (χ0v) is 24.0. The molecule has 2 atom stereocenters. The van der Waals surface area contributed by atoms with E-state index >= 15 is 0 Å². The predicted octanol–water partition coefficient (Wildman–Crippen LogP) is 5.34. The van der Waals surface area contributed by atoms with Gasteiger partial charge < -0.3 is 24.8 Å². The lowest BCUT2D eigenvalue weighted by molar-refractivity contribution is -0.00202. The molecule has 3 heterocycles. The molecule has 2 aromatic carbocycles. The Labute approximate surface area is 244 Å². The number of halogens is 1. The van der Waals surface area contributed by atoms with Crippen LogP contribution in [0.2, 0.25) is 5.02 Å². The number of carbonyl (C=O) groups excluding carboxylic acids is 2. The molecule has 1 saturated heterocycles. The lowest BCUT2D eigenvalue weighted by atomic mass is 9.94. The van der Waals surface area contributed by atoms with Crippen molar-refractivity contribution in [1.29, 1.82) is 0 Å². The summed E-state index contributed by atoms with van der Waals surface area (Å²) in [5.41, 5.74) is 1.97. The van der Waals surface area contributed by atoms with Gasteiger partial charge in [0.15, 0.2) is 0 Å². The molecule has 41 heavy (non-hydrogen) atoms. The van der Waals surface area contributed by atoms with Gasteiger partial charge in [0.1, 0.15) is 22.8 Å². The molecule has 0 aliphatic carbocycles. The van der Waals surface area contributed by atoms with Crippen molar-refractivity contribution in [3.8, 4) is 11.5 Å². The van der Waals surface area contributed by atoms with E-state index in [2.05, 4.69) is 15.3 Å². The van der Waals surface area contributed by atoms with Gasteiger partial charge in [0.05, 0.1) is 35.6 Å². The number of ketones is 1. The van der Waals surface area contributed by atoms with E-state index in [0.717, 1.165) is 11.3 Å². The van der Waals surface area contributed by atoms with Crippen LogP contribution in [-0.2, 0) is 4.74 Å². The maximum Gasteiger partial charge on any atom is 0.410 e. The highest BCUT2D eigenvalue weighted by Crippen LogP contribution is 2.30. The Kier molecular flexibility index (Phi) is 8.28. The van der Waals surface area contributed by atoms with Gasteiger partial charge in [-0.15, -0.1) is 0 Å². The Morgan fingerprint density at radius 2 is 1.90 bits per heavy atom. The number of allylic oxidation sites excluding steroid dienone is 2. The molecule has 9 nitrogen and oxygen atoms in total. The normalized spacial score (nSPS) is 20.3. The number of ether oxygens (including phenoxy) is 2. The number of nitrogens with one attached hydrogen (secondary N) is 1. The average molecular weight is 577 g/mol. The molecule has 0 saturated carbocycles. The number of Topliss-reactive ketones (excluding diaryl/α,β-unsaturated/α-hetero) is 1. The second-order valence-corrected chi connectivity index (χ2v) is 11.5. The molecule has 3 aliphatic heterocycles. The lowest BCUT2D eigenvalue weighted by Gasteiger charge is -2.40. The van der Waals surface area contributed by atoms with Gasteiger partial charge in [0.25, 0.3) is 0 Å². The maximum absolute atomic E-state index is 13.8. The molecule has 0 bridgehead atoms. The van der Waals surface area contributed by atoms with Gasteiger partial charge in [-0.25, -0.2) is 4.79 Å². The number of fused-ring (bicyclic) bond motifs is 1. The van der Waals surface area contributed by atoms with E-state index in [-0.39, 0.29) is 41.8 Å². The highest BCUT2D eigenvalue weighted by Gasteiger charge is 2.36. The maximum atomic E-state index is 13.8. The van der Waals surface area contributed by atoms with Crippen LogP contribution in [0, 0.1) is 0 Å². The number of piperidine rings is 1. The molecule has 214 valence electrons. The minimum absolute atomic E-state index is 0.160. The Balaban J connectivity index is 1.38. The largest absolute Gasteiger partial charge is 0.457 e. The number of aliphatic hydroxyl groups excluding tert-OH is 1. The van der Waals surface area contributed by atoms with Gasteiger partial charge in [-0.3, -0.25) is 14.8 Å². The Morgan fingerprint density at radius 3 is 2.61 bits per heavy atom. The molecule has 10 heteroatoms. The summed E-state index contributed by atoms with van der Waals surface area (Å²) in [7, 11) is 0. The van der Waals surface area contributed by atoms with Crippen molar-refractivity contribution in [3.63, 3.8) is 0 Å². The summed E-state index contributed by atoms with van der Waals surface area (Å²) >= 11 is 6.59. The van der Waals surface area contributed by atoms with Crippen molar-refractivity contribution in [2.75, 3.05) is 19.7 Å².